The summed E-state index contributed by atoms with van der Waals surface area (Å²) in [7, 11) is 1.07. The lowest BCUT2D eigenvalue weighted by molar-refractivity contribution is -0.163. The van der Waals surface area contributed by atoms with Crippen molar-refractivity contribution in [1.82, 2.24) is 19.5 Å². The van der Waals surface area contributed by atoms with Gasteiger partial charge in [0.05, 0.1) is 19.8 Å². The summed E-state index contributed by atoms with van der Waals surface area (Å²) in [5, 5.41) is 29.9. The number of H-pyrrole nitrogens is 1. The van der Waals surface area contributed by atoms with Gasteiger partial charge in [-0.1, -0.05) is 0 Å². The molecule has 1 aliphatic heterocycles. The van der Waals surface area contributed by atoms with E-state index in [2.05, 4.69) is 19.7 Å². The highest BCUT2D eigenvalue weighted by Crippen LogP contribution is 2.32. The van der Waals surface area contributed by atoms with Crippen LogP contribution in [0.25, 0.3) is 11.2 Å². The van der Waals surface area contributed by atoms with Crippen LogP contribution >= 0.6 is 0 Å². The average Bonchev–Trinajstić information content (AvgIpc) is 3.09. The van der Waals surface area contributed by atoms with E-state index in [4.69, 9.17) is 4.74 Å². The maximum absolute atomic E-state index is 11.6. The minimum atomic E-state index is -1.78. The van der Waals surface area contributed by atoms with E-state index in [0.29, 0.717) is 0 Å². The number of imidazole rings is 1. The van der Waals surface area contributed by atoms with Crippen molar-refractivity contribution >= 4 is 17.1 Å². The molecule has 11 nitrogen and oxygen atoms in total. The fraction of sp³-hybridized carbons (Fsp3) is 0.500. The van der Waals surface area contributed by atoms with Gasteiger partial charge in [-0.05, 0) is 0 Å². The number of methoxy groups -OCH3 is 1. The van der Waals surface area contributed by atoms with Crippen LogP contribution in [0, 0.1) is 0 Å². The Morgan fingerprint density at radius 3 is 2.87 bits per heavy atom. The van der Waals surface area contributed by atoms with Crippen molar-refractivity contribution in [2.75, 3.05) is 7.11 Å². The van der Waals surface area contributed by atoms with Gasteiger partial charge in [-0.2, -0.15) is 0 Å². The molecule has 0 radical (unpaired) electrons. The number of hydrogen-bond acceptors (Lipinski definition) is 9. The summed E-state index contributed by atoms with van der Waals surface area (Å²) in [6.45, 7) is 0. The number of esters is 1. The molecular weight excluding hydrogens is 312 g/mol. The molecule has 0 aliphatic carbocycles. The van der Waals surface area contributed by atoms with E-state index in [1.165, 1.54) is 10.9 Å². The van der Waals surface area contributed by atoms with Crippen LogP contribution in [0.15, 0.2) is 17.4 Å². The fourth-order valence-corrected chi connectivity index (χ4v) is 2.48. The second-order valence-corrected chi connectivity index (χ2v) is 5.00. The molecule has 23 heavy (non-hydrogen) atoms. The molecule has 1 fully saturated rings. The van der Waals surface area contributed by atoms with Gasteiger partial charge in [0.1, 0.15) is 18.3 Å². The maximum Gasteiger partial charge on any atom is 0.337 e. The molecule has 2 aromatic heterocycles. The summed E-state index contributed by atoms with van der Waals surface area (Å²) in [6, 6.07) is 0. The lowest BCUT2D eigenvalue weighted by Crippen LogP contribution is -2.43. The zero-order valence-electron chi connectivity index (χ0n) is 11.9. The van der Waals surface area contributed by atoms with E-state index in [-0.39, 0.29) is 11.2 Å². The molecule has 124 valence electrons. The molecule has 11 heteroatoms. The topological polar surface area (TPSA) is 160 Å². The van der Waals surface area contributed by atoms with Crippen molar-refractivity contribution in [3.05, 3.63) is 23.0 Å². The van der Waals surface area contributed by atoms with Crippen molar-refractivity contribution in [2.45, 2.75) is 30.6 Å². The lowest BCUT2D eigenvalue weighted by Gasteiger charge is -2.18. The molecule has 1 unspecified atom stereocenters. The van der Waals surface area contributed by atoms with Crippen molar-refractivity contribution < 1.29 is 29.6 Å². The van der Waals surface area contributed by atoms with Crippen molar-refractivity contribution in [3.8, 4) is 0 Å². The Labute approximate surface area is 128 Å². The molecule has 4 N–H and O–H groups in total. The Morgan fingerprint density at radius 2 is 2.17 bits per heavy atom. The third-order valence-corrected chi connectivity index (χ3v) is 3.67. The van der Waals surface area contributed by atoms with Crippen LogP contribution in [0.1, 0.15) is 6.23 Å². The maximum atomic E-state index is 11.6. The predicted octanol–water partition coefficient (Wildman–Crippen LogP) is -2.73. The molecule has 0 amide bonds. The number of fused-ring (bicyclic) bond motifs is 1. The van der Waals surface area contributed by atoms with Crippen molar-refractivity contribution in [3.63, 3.8) is 0 Å². The smallest absolute Gasteiger partial charge is 0.337 e. The Kier molecular flexibility index (Phi) is 3.85. The second-order valence-electron chi connectivity index (χ2n) is 5.00. The molecule has 0 saturated carbocycles. The summed E-state index contributed by atoms with van der Waals surface area (Å²) >= 11 is 0. The van der Waals surface area contributed by atoms with Gasteiger partial charge in [-0.15, -0.1) is 0 Å². The number of carbonyl (C=O) groups is 1. The SMILES string of the molecule is COC(=O)C(O)[C@H]1O[C@@H](n2cnc3c(=O)[nH]cnc32)[C@H](O)[C@@H]1O. The molecular formula is C12H14N4O7. The van der Waals surface area contributed by atoms with Gasteiger partial charge in [0.15, 0.2) is 23.5 Å². The van der Waals surface area contributed by atoms with E-state index in [1.807, 2.05) is 0 Å². The Hall–Kier alpha value is -2.34. The largest absolute Gasteiger partial charge is 0.467 e. The highest BCUT2D eigenvalue weighted by Gasteiger charge is 2.49. The first-order valence-electron chi connectivity index (χ1n) is 6.63. The quantitative estimate of drug-likeness (QED) is 0.439. The van der Waals surface area contributed by atoms with E-state index in [1.54, 1.807) is 0 Å². The third kappa shape index (κ3) is 2.39. The standard InChI is InChI=1S/C12H14N4O7/c1-22-12(21)7(19)8-5(17)6(18)11(23-8)16-3-15-4-9(16)13-2-14-10(4)20/h2-3,5-8,11,17-19H,1H3,(H,13,14,20)/t5-,6+,7?,8-,11+/m0/s1. The summed E-state index contributed by atoms with van der Waals surface area (Å²) in [5.74, 6) is -1.01. The molecule has 3 rings (SSSR count). The number of rotatable bonds is 3. The predicted molar refractivity (Wildman–Crippen MR) is 72.1 cm³/mol. The van der Waals surface area contributed by atoms with Gasteiger partial charge >= 0.3 is 5.97 Å². The van der Waals surface area contributed by atoms with E-state index >= 15 is 0 Å². The van der Waals surface area contributed by atoms with Gasteiger partial charge in [-0.25, -0.2) is 14.8 Å². The molecule has 5 atom stereocenters. The molecule has 0 bridgehead atoms. The number of carbonyl (C=O) groups excluding carboxylic acids is 1. The first-order chi connectivity index (χ1) is 11.0. The van der Waals surface area contributed by atoms with Crippen LogP contribution in [0.3, 0.4) is 0 Å². The Balaban J connectivity index is 1.95. The highest BCUT2D eigenvalue weighted by atomic mass is 16.6. The zero-order chi connectivity index (χ0) is 16.7. The van der Waals surface area contributed by atoms with Crippen LogP contribution in [0.5, 0.6) is 0 Å². The van der Waals surface area contributed by atoms with Gasteiger partial charge in [0.2, 0.25) is 0 Å². The molecule has 1 saturated heterocycles. The van der Waals surface area contributed by atoms with E-state index in [9.17, 15) is 24.9 Å². The normalized spacial score (nSPS) is 28.9. The first kappa shape index (κ1) is 15.6. The lowest BCUT2D eigenvalue weighted by atomic mass is 10.1. The van der Waals surface area contributed by atoms with Gasteiger partial charge in [-0.3, -0.25) is 9.36 Å². The summed E-state index contributed by atoms with van der Waals surface area (Å²) in [5.41, 5.74) is -0.333. The van der Waals surface area contributed by atoms with Gasteiger partial charge in [0.25, 0.3) is 5.56 Å². The number of hydrogen-bond donors (Lipinski definition) is 4. The molecule has 0 aromatic carbocycles. The van der Waals surface area contributed by atoms with Crippen molar-refractivity contribution in [1.29, 1.82) is 0 Å². The first-order valence-corrected chi connectivity index (χ1v) is 6.63. The van der Waals surface area contributed by atoms with Crippen LogP contribution in [0.4, 0.5) is 0 Å². The summed E-state index contributed by atoms with van der Waals surface area (Å²) in [4.78, 5) is 33.2. The second kappa shape index (κ2) is 5.70. The number of aromatic nitrogens is 4. The highest BCUT2D eigenvalue weighted by molar-refractivity contribution is 5.75. The van der Waals surface area contributed by atoms with Crippen LogP contribution in [-0.4, -0.2) is 72.3 Å². The van der Waals surface area contributed by atoms with Crippen molar-refractivity contribution in [2.24, 2.45) is 0 Å². The van der Waals surface area contributed by atoms with E-state index in [0.717, 1.165) is 13.4 Å². The Bertz CT molecular complexity index is 787. The molecule has 0 spiro atoms. The van der Waals surface area contributed by atoms with Crippen LogP contribution in [0.2, 0.25) is 0 Å². The number of ether oxygens (including phenoxy) is 2. The van der Waals surface area contributed by atoms with Gasteiger partial charge in [0, 0.05) is 0 Å². The summed E-state index contributed by atoms with van der Waals surface area (Å²) in [6.07, 6.45) is -5.02. The Morgan fingerprint density at radius 1 is 1.43 bits per heavy atom. The number of nitrogens with zero attached hydrogens (tertiary/aromatic N) is 3. The summed E-state index contributed by atoms with van der Waals surface area (Å²) < 4.78 is 11.0. The number of aliphatic hydroxyl groups excluding tert-OH is 3. The van der Waals surface area contributed by atoms with E-state index < -0.39 is 42.2 Å². The number of nitrogens with one attached hydrogen (secondary N) is 1. The minimum Gasteiger partial charge on any atom is -0.467 e. The number of aromatic amines is 1. The minimum absolute atomic E-state index is 0.0229. The number of aliphatic hydroxyl groups is 3. The average molecular weight is 326 g/mol. The molecule has 3 heterocycles. The van der Waals surface area contributed by atoms with Gasteiger partial charge < -0.3 is 29.8 Å². The zero-order valence-corrected chi connectivity index (χ0v) is 11.9. The van der Waals surface area contributed by atoms with Crippen LogP contribution < -0.4 is 5.56 Å². The fourth-order valence-electron chi connectivity index (χ4n) is 2.48. The molecule has 1 aliphatic rings. The van der Waals surface area contributed by atoms with Crippen LogP contribution in [-0.2, 0) is 14.3 Å². The third-order valence-electron chi connectivity index (χ3n) is 3.67. The monoisotopic (exact) mass is 326 g/mol. The molecule has 2 aromatic rings.